The molecule has 2 aromatic carbocycles. The predicted molar refractivity (Wildman–Crippen MR) is 77.8 cm³/mol. The first-order chi connectivity index (χ1) is 8.70. The highest BCUT2D eigenvalue weighted by Gasteiger charge is 2.11. The maximum Gasteiger partial charge on any atom is 0.123 e. The van der Waals surface area contributed by atoms with Crippen LogP contribution in [0.1, 0.15) is 17.2 Å². The second-order valence-corrected chi connectivity index (χ2v) is 5.09. The van der Waals surface area contributed by atoms with Gasteiger partial charge in [0.05, 0.1) is 7.11 Å². The fourth-order valence-electron chi connectivity index (χ4n) is 1.96. The Kier molecular flexibility index (Phi) is 4.39. The molecule has 0 radical (unpaired) electrons. The van der Waals surface area contributed by atoms with E-state index in [0.717, 1.165) is 22.2 Å². The van der Waals surface area contributed by atoms with Gasteiger partial charge in [0.2, 0.25) is 0 Å². The van der Waals surface area contributed by atoms with Crippen LogP contribution in [0.25, 0.3) is 0 Å². The number of nitrogens with two attached hydrogens (primary N) is 1. The third kappa shape index (κ3) is 3.12. The zero-order valence-corrected chi connectivity index (χ0v) is 11.9. The monoisotopic (exact) mass is 305 g/mol. The summed E-state index contributed by atoms with van der Waals surface area (Å²) in [6.45, 7) is 0. The quantitative estimate of drug-likeness (QED) is 0.935. The standard InChI is InChI=1S/C15H16BrNO/c1-18-15-5-3-2-4-13(15)14(17)10-11-6-8-12(16)9-7-11/h2-9,14H,10,17H2,1H3. The third-order valence-electron chi connectivity index (χ3n) is 2.91. The van der Waals surface area contributed by atoms with Crippen molar-refractivity contribution >= 4 is 15.9 Å². The van der Waals surface area contributed by atoms with Crippen LogP contribution in [-0.2, 0) is 6.42 Å². The fourth-order valence-corrected chi connectivity index (χ4v) is 2.22. The van der Waals surface area contributed by atoms with Crippen molar-refractivity contribution in [3.63, 3.8) is 0 Å². The van der Waals surface area contributed by atoms with Crippen LogP contribution in [0, 0.1) is 0 Å². The summed E-state index contributed by atoms with van der Waals surface area (Å²) < 4.78 is 6.42. The van der Waals surface area contributed by atoms with E-state index in [4.69, 9.17) is 10.5 Å². The minimum atomic E-state index is -0.0534. The van der Waals surface area contributed by atoms with Crippen molar-refractivity contribution in [3.05, 3.63) is 64.1 Å². The van der Waals surface area contributed by atoms with Gasteiger partial charge in [-0.05, 0) is 30.2 Å². The molecule has 2 rings (SSSR count). The molecule has 0 aliphatic heterocycles. The van der Waals surface area contributed by atoms with Crippen LogP contribution in [0.15, 0.2) is 53.0 Å². The number of benzene rings is 2. The summed E-state index contributed by atoms with van der Waals surface area (Å²) in [4.78, 5) is 0. The van der Waals surface area contributed by atoms with Gasteiger partial charge >= 0.3 is 0 Å². The molecule has 0 saturated heterocycles. The maximum absolute atomic E-state index is 6.25. The molecular weight excluding hydrogens is 290 g/mol. The Balaban J connectivity index is 2.16. The van der Waals surface area contributed by atoms with Crippen LogP contribution >= 0.6 is 15.9 Å². The normalized spacial score (nSPS) is 12.2. The van der Waals surface area contributed by atoms with Gasteiger partial charge in [-0.2, -0.15) is 0 Å². The maximum atomic E-state index is 6.25. The van der Waals surface area contributed by atoms with Gasteiger partial charge in [0.15, 0.2) is 0 Å². The fraction of sp³-hybridized carbons (Fsp3) is 0.200. The molecule has 0 aliphatic rings. The highest BCUT2D eigenvalue weighted by Crippen LogP contribution is 2.26. The molecule has 0 heterocycles. The third-order valence-corrected chi connectivity index (χ3v) is 3.44. The molecule has 0 fully saturated rings. The summed E-state index contributed by atoms with van der Waals surface area (Å²) in [5.74, 6) is 0.849. The van der Waals surface area contributed by atoms with Crippen LogP contribution in [0.3, 0.4) is 0 Å². The van der Waals surface area contributed by atoms with Crippen molar-refractivity contribution in [1.29, 1.82) is 0 Å². The lowest BCUT2D eigenvalue weighted by Crippen LogP contribution is -2.14. The number of hydrogen-bond acceptors (Lipinski definition) is 2. The summed E-state index contributed by atoms with van der Waals surface area (Å²) in [6.07, 6.45) is 0.799. The minimum absolute atomic E-state index is 0.0534. The van der Waals surface area contributed by atoms with Crippen LogP contribution in [0.2, 0.25) is 0 Å². The zero-order chi connectivity index (χ0) is 13.0. The first kappa shape index (κ1) is 13.1. The Morgan fingerprint density at radius 2 is 1.78 bits per heavy atom. The lowest BCUT2D eigenvalue weighted by molar-refractivity contribution is 0.405. The number of ether oxygens (including phenoxy) is 1. The molecule has 2 nitrogen and oxygen atoms in total. The van der Waals surface area contributed by atoms with Crippen molar-refractivity contribution in [2.24, 2.45) is 5.73 Å². The predicted octanol–water partition coefficient (Wildman–Crippen LogP) is 3.70. The van der Waals surface area contributed by atoms with Gasteiger partial charge in [-0.1, -0.05) is 46.3 Å². The van der Waals surface area contributed by atoms with Crippen molar-refractivity contribution in [2.45, 2.75) is 12.5 Å². The summed E-state index contributed by atoms with van der Waals surface area (Å²) in [7, 11) is 1.67. The zero-order valence-electron chi connectivity index (χ0n) is 10.3. The molecule has 3 heteroatoms. The molecule has 18 heavy (non-hydrogen) atoms. The highest BCUT2D eigenvalue weighted by molar-refractivity contribution is 9.10. The summed E-state index contributed by atoms with van der Waals surface area (Å²) in [5.41, 5.74) is 8.51. The molecule has 1 unspecified atom stereocenters. The average molecular weight is 306 g/mol. The molecule has 0 bridgehead atoms. The average Bonchev–Trinajstić information content (AvgIpc) is 2.41. The van der Waals surface area contributed by atoms with E-state index in [1.807, 2.05) is 36.4 Å². The van der Waals surface area contributed by atoms with Gasteiger partial charge in [-0.25, -0.2) is 0 Å². The molecule has 94 valence electrons. The van der Waals surface area contributed by atoms with E-state index < -0.39 is 0 Å². The van der Waals surface area contributed by atoms with E-state index in [0.29, 0.717) is 0 Å². The Morgan fingerprint density at radius 3 is 2.44 bits per heavy atom. The number of methoxy groups -OCH3 is 1. The Morgan fingerprint density at radius 1 is 1.11 bits per heavy atom. The highest BCUT2D eigenvalue weighted by atomic mass is 79.9. The summed E-state index contributed by atoms with van der Waals surface area (Å²) in [6, 6.07) is 16.1. The van der Waals surface area contributed by atoms with E-state index in [-0.39, 0.29) is 6.04 Å². The molecule has 0 aromatic heterocycles. The molecule has 0 aliphatic carbocycles. The summed E-state index contributed by atoms with van der Waals surface area (Å²) >= 11 is 3.43. The van der Waals surface area contributed by atoms with Crippen molar-refractivity contribution in [2.75, 3.05) is 7.11 Å². The molecule has 0 saturated carbocycles. The first-order valence-corrected chi connectivity index (χ1v) is 6.63. The Hall–Kier alpha value is -1.32. The van der Waals surface area contributed by atoms with E-state index in [9.17, 15) is 0 Å². The molecule has 2 aromatic rings. The lowest BCUT2D eigenvalue weighted by Gasteiger charge is -2.15. The van der Waals surface area contributed by atoms with Gasteiger partial charge in [0.1, 0.15) is 5.75 Å². The van der Waals surface area contributed by atoms with Gasteiger partial charge in [-0.15, -0.1) is 0 Å². The van der Waals surface area contributed by atoms with Gasteiger partial charge in [-0.3, -0.25) is 0 Å². The number of para-hydroxylation sites is 1. The lowest BCUT2D eigenvalue weighted by atomic mass is 9.99. The van der Waals surface area contributed by atoms with Crippen molar-refractivity contribution in [3.8, 4) is 5.75 Å². The van der Waals surface area contributed by atoms with E-state index in [1.165, 1.54) is 5.56 Å². The second kappa shape index (κ2) is 6.03. The number of hydrogen-bond donors (Lipinski definition) is 1. The minimum Gasteiger partial charge on any atom is -0.496 e. The van der Waals surface area contributed by atoms with E-state index in [2.05, 4.69) is 28.1 Å². The van der Waals surface area contributed by atoms with Crippen LogP contribution in [0.5, 0.6) is 5.75 Å². The number of rotatable bonds is 4. The van der Waals surface area contributed by atoms with E-state index >= 15 is 0 Å². The largest absolute Gasteiger partial charge is 0.496 e. The van der Waals surface area contributed by atoms with Gasteiger partial charge < -0.3 is 10.5 Å². The topological polar surface area (TPSA) is 35.2 Å². The summed E-state index contributed by atoms with van der Waals surface area (Å²) in [5, 5.41) is 0. The first-order valence-electron chi connectivity index (χ1n) is 5.83. The Labute approximate surface area is 116 Å². The van der Waals surface area contributed by atoms with Gasteiger partial charge in [0.25, 0.3) is 0 Å². The smallest absolute Gasteiger partial charge is 0.123 e. The van der Waals surface area contributed by atoms with Crippen LogP contribution < -0.4 is 10.5 Å². The van der Waals surface area contributed by atoms with Crippen molar-refractivity contribution in [1.82, 2.24) is 0 Å². The Bertz CT molecular complexity index is 510. The molecule has 2 N–H and O–H groups in total. The van der Waals surface area contributed by atoms with Crippen LogP contribution in [0.4, 0.5) is 0 Å². The van der Waals surface area contributed by atoms with E-state index in [1.54, 1.807) is 7.11 Å². The molecule has 0 spiro atoms. The number of halogens is 1. The second-order valence-electron chi connectivity index (χ2n) is 4.18. The molecular formula is C15H16BrNO. The van der Waals surface area contributed by atoms with Gasteiger partial charge in [0, 0.05) is 16.1 Å². The van der Waals surface area contributed by atoms with Crippen LogP contribution in [-0.4, -0.2) is 7.11 Å². The van der Waals surface area contributed by atoms with Crippen molar-refractivity contribution < 1.29 is 4.74 Å². The molecule has 0 amide bonds. The SMILES string of the molecule is COc1ccccc1C(N)Cc1ccc(Br)cc1. The molecule has 1 atom stereocenters.